The van der Waals surface area contributed by atoms with Crippen LogP contribution >= 0.6 is 11.8 Å². The first kappa shape index (κ1) is 18.2. The molecule has 0 saturated heterocycles. The first-order valence-corrected chi connectivity index (χ1v) is 9.54. The number of anilines is 1. The molecule has 1 amide bonds. The quantitative estimate of drug-likeness (QED) is 0.635. The first-order valence-electron chi connectivity index (χ1n) is 8.56. The van der Waals surface area contributed by atoms with Crippen LogP contribution in [-0.4, -0.2) is 26.8 Å². The van der Waals surface area contributed by atoms with Crippen molar-refractivity contribution in [2.24, 2.45) is 0 Å². The highest BCUT2D eigenvalue weighted by Gasteiger charge is 2.09. The van der Waals surface area contributed by atoms with Crippen LogP contribution in [0.3, 0.4) is 0 Å². The number of benzene rings is 2. The predicted molar refractivity (Wildman–Crippen MR) is 106 cm³/mol. The zero-order valence-corrected chi connectivity index (χ0v) is 16.0. The summed E-state index contributed by atoms with van der Waals surface area (Å²) in [5.74, 6) is 0.853. The number of H-pyrrole nitrogens is 1. The van der Waals surface area contributed by atoms with Gasteiger partial charge in [-0.05, 0) is 49.1 Å². The largest absolute Gasteiger partial charge is 0.325 e. The molecule has 134 valence electrons. The van der Waals surface area contributed by atoms with Gasteiger partial charge in [-0.15, -0.1) is 0 Å². The Morgan fingerprint density at radius 2 is 1.81 bits per heavy atom. The van der Waals surface area contributed by atoms with Gasteiger partial charge in [0.25, 0.3) is 0 Å². The van der Waals surface area contributed by atoms with Crippen LogP contribution < -0.4 is 5.32 Å². The molecular formula is C20H22N4OS. The number of rotatable bonds is 6. The molecule has 0 aliphatic carbocycles. The van der Waals surface area contributed by atoms with E-state index in [1.165, 1.54) is 17.3 Å². The van der Waals surface area contributed by atoms with E-state index in [1.807, 2.05) is 38.1 Å². The number of carbonyl (C=O) groups is 1. The summed E-state index contributed by atoms with van der Waals surface area (Å²) < 4.78 is 0. The summed E-state index contributed by atoms with van der Waals surface area (Å²) in [5, 5.41) is 10.7. The van der Waals surface area contributed by atoms with Gasteiger partial charge in [-0.3, -0.25) is 9.89 Å². The van der Waals surface area contributed by atoms with Crippen LogP contribution in [-0.2, 0) is 11.2 Å². The molecule has 0 radical (unpaired) electrons. The van der Waals surface area contributed by atoms with Crippen LogP contribution in [0.2, 0.25) is 0 Å². The average Bonchev–Trinajstić information content (AvgIpc) is 3.08. The average molecular weight is 366 g/mol. The van der Waals surface area contributed by atoms with Gasteiger partial charge in [0.1, 0.15) is 0 Å². The number of hydrogen-bond acceptors (Lipinski definition) is 4. The lowest BCUT2D eigenvalue weighted by Crippen LogP contribution is -2.14. The van der Waals surface area contributed by atoms with E-state index in [0.717, 1.165) is 28.8 Å². The van der Waals surface area contributed by atoms with Gasteiger partial charge in [0.05, 0.1) is 5.75 Å². The summed E-state index contributed by atoms with van der Waals surface area (Å²) in [5.41, 5.74) is 5.32. The Morgan fingerprint density at radius 1 is 1.12 bits per heavy atom. The lowest BCUT2D eigenvalue weighted by atomic mass is 10.1. The molecule has 6 heteroatoms. The lowest BCUT2D eigenvalue weighted by Gasteiger charge is -2.06. The number of hydrogen-bond donors (Lipinski definition) is 2. The number of carbonyl (C=O) groups excluding carboxylic acids is 1. The van der Waals surface area contributed by atoms with Crippen molar-refractivity contribution in [2.75, 3.05) is 11.1 Å². The van der Waals surface area contributed by atoms with Crippen LogP contribution in [0.5, 0.6) is 0 Å². The molecule has 3 aromatic rings. The van der Waals surface area contributed by atoms with E-state index in [1.54, 1.807) is 0 Å². The molecule has 0 unspecified atom stereocenters. The smallest absolute Gasteiger partial charge is 0.234 e. The van der Waals surface area contributed by atoms with Gasteiger partial charge >= 0.3 is 0 Å². The Balaban J connectivity index is 1.57. The predicted octanol–water partition coefficient (Wildman–Crippen LogP) is 4.38. The number of aromatic nitrogens is 3. The van der Waals surface area contributed by atoms with Crippen molar-refractivity contribution in [2.45, 2.75) is 32.3 Å². The zero-order valence-electron chi connectivity index (χ0n) is 15.2. The highest BCUT2D eigenvalue weighted by atomic mass is 32.2. The molecule has 0 aliphatic rings. The molecule has 2 N–H and O–H groups in total. The van der Waals surface area contributed by atoms with E-state index in [2.05, 4.69) is 45.6 Å². The summed E-state index contributed by atoms with van der Waals surface area (Å²) in [6.07, 6.45) is 1.00. The fraction of sp³-hybridized carbons (Fsp3) is 0.250. The highest BCUT2D eigenvalue weighted by molar-refractivity contribution is 7.99. The maximum Gasteiger partial charge on any atom is 0.234 e. The van der Waals surface area contributed by atoms with Gasteiger partial charge < -0.3 is 5.32 Å². The van der Waals surface area contributed by atoms with E-state index >= 15 is 0 Å². The fourth-order valence-corrected chi connectivity index (χ4v) is 3.31. The normalized spacial score (nSPS) is 10.7. The van der Waals surface area contributed by atoms with Crippen LogP contribution in [0, 0.1) is 13.8 Å². The Bertz CT molecular complexity index is 882. The van der Waals surface area contributed by atoms with Crippen molar-refractivity contribution in [3.05, 3.63) is 59.2 Å². The van der Waals surface area contributed by atoms with Gasteiger partial charge in [0, 0.05) is 11.3 Å². The van der Waals surface area contributed by atoms with Gasteiger partial charge in [-0.2, -0.15) is 5.10 Å². The third-order valence-electron chi connectivity index (χ3n) is 3.93. The van der Waals surface area contributed by atoms with Gasteiger partial charge in [-0.25, -0.2) is 4.98 Å². The number of aryl methyl sites for hydroxylation is 3. The second kappa shape index (κ2) is 8.19. The minimum absolute atomic E-state index is 0.0646. The standard InChI is InChI=1S/C20H22N4OS/c1-4-15-5-7-16(8-6-15)19-22-20(24-23-19)26-12-18(25)21-17-10-13(2)9-14(3)11-17/h5-11H,4,12H2,1-3H3,(H,21,25)(H,22,23,24). The molecule has 0 saturated carbocycles. The summed E-state index contributed by atoms with van der Waals surface area (Å²) in [7, 11) is 0. The first-order chi connectivity index (χ1) is 12.5. The number of aromatic amines is 1. The van der Waals surface area contributed by atoms with Gasteiger partial charge in [0.15, 0.2) is 11.0 Å². The van der Waals surface area contributed by atoms with Crippen molar-refractivity contribution in [1.29, 1.82) is 0 Å². The highest BCUT2D eigenvalue weighted by Crippen LogP contribution is 2.20. The minimum atomic E-state index is -0.0646. The van der Waals surface area contributed by atoms with Crippen molar-refractivity contribution in [3.63, 3.8) is 0 Å². The van der Waals surface area contributed by atoms with Crippen molar-refractivity contribution in [3.8, 4) is 11.4 Å². The molecule has 3 rings (SSSR count). The van der Waals surface area contributed by atoms with E-state index in [-0.39, 0.29) is 11.7 Å². The van der Waals surface area contributed by atoms with Gasteiger partial charge in [-0.1, -0.05) is 49.0 Å². The minimum Gasteiger partial charge on any atom is -0.325 e. The second-order valence-corrected chi connectivity index (χ2v) is 7.19. The number of amides is 1. The van der Waals surface area contributed by atoms with Crippen LogP contribution in [0.1, 0.15) is 23.6 Å². The molecule has 0 atom stereocenters. The Kier molecular flexibility index (Phi) is 5.73. The Hall–Kier alpha value is -2.60. The molecule has 2 aromatic carbocycles. The molecule has 0 aliphatic heterocycles. The van der Waals surface area contributed by atoms with Crippen LogP contribution in [0.25, 0.3) is 11.4 Å². The molecule has 26 heavy (non-hydrogen) atoms. The number of thioether (sulfide) groups is 1. The zero-order chi connectivity index (χ0) is 18.5. The topological polar surface area (TPSA) is 70.7 Å². The summed E-state index contributed by atoms with van der Waals surface area (Å²) >= 11 is 1.34. The van der Waals surface area contributed by atoms with Crippen molar-refractivity contribution >= 4 is 23.4 Å². The molecule has 0 bridgehead atoms. The fourth-order valence-electron chi connectivity index (χ4n) is 2.71. The van der Waals surface area contributed by atoms with E-state index in [4.69, 9.17) is 0 Å². The molecule has 0 spiro atoms. The summed E-state index contributed by atoms with van der Waals surface area (Å²) in [6.45, 7) is 6.15. The summed E-state index contributed by atoms with van der Waals surface area (Å²) in [4.78, 5) is 16.6. The van der Waals surface area contributed by atoms with Crippen molar-refractivity contribution < 1.29 is 4.79 Å². The van der Waals surface area contributed by atoms with Crippen LogP contribution in [0.4, 0.5) is 5.69 Å². The molecule has 1 aromatic heterocycles. The molecule has 1 heterocycles. The van der Waals surface area contributed by atoms with E-state index in [9.17, 15) is 4.79 Å². The Labute approximate surface area is 157 Å². The third kappa shape index (κ3) is 4.73. The van der Waals surface area contributed by atoms with Crippen LogP contribution in [0.15, 0.2) is 47.6 Å². The molecule has 5 nitrogen and oxygen atoms in total. The van der Waals surface area contributed by atoms with E-state index < -0.39 is 0 Å². The number of nitrogens with zero attached hydrogens (tertiary/aromatic N) is 2. The third-order valence-corrected chi connectivity index (χ3v) is 4.79. The monoisotopic (exact) mass is 366 g/mol. The lowest BCUT2D eigenvalue weighted by molar-refractivity contribution is -0.113. The maximum atomic E-state index is 12.2. The van der Waals surface area contributed by atoms with E-state index in [0.29, 0.717) is 11.0 Å². The maximum absolute atomic E-state index is 12.2. The molecule has 0 fully saturated rings. The Morgan fingerprint density at radius 3 is 2.46 bits per heavy atom. The molecular weight excluding hydrogens is 344 g/mol. The second-order valence-electron chi connectivity index (χ2n) is 6.23. The SMILES string of the molecule is CCc1ccc(-c2n[nH]c(SCC(=O)Nc3cc(C)cc(C)c3)n2)cc1. The van der Waals surface area contributed by atoms with Crippen molar-refractivity contribution in [1.82, 2.24) is 15.2 Å². The summed E-state index contributed by atoms with van der Waals surface area (Å²) in [6, 6.07) is 14.2. The number of nitrogens with one attached hydrogen (secondary N) is 2. The van der Waals surface area contributed by atoms with Gasteiger partial charge in [0.2, 0.25) is 5.91 Å².